The minimum absolute atomic E-state index is 0.726. The van der Waals surface area contributed by atoms with Crippen LogP contribution in [0.3, 0.4) is 0 Å². The number of carbonyl (C=O) groups excluding carboxylic acids is 1. The van der Waals surface area contributed by atoms with Crippen molar-refractivity contribution in [3.63, 3.8) is 0 Å². The van der Waals surface area contributed by atoms with Crippen LogP contribution >= 0.6 is 0 Å². The fraction of sp³-hybridized carbons (Fsp3) is 0.727. The average molecular weight is 320 g/mol. The first-order chi connectivity index (χ1) is 9.43. The first kappa shape index (κ1) is 17.8. The third kappa shape index (κ3) is 3.16. The zero-order valence-electron chi connectivity index (χ0n) is 10.9. The molecule has 1 saturated heterocycles. The van der Waals surface area contributed by atoms with Crippen LogP contribution < -0.4 is 0 Å². The maximum atomic E-state index is 13.9. The molecule has 2 atom stereocenters. The van der Waals surface area contributed by atoms with Gasteiger partial charge in [0.25, 0.3) is 11.5 Å². The van der Waals surface area contributed by atoms with Crippen molar-refractivity contribution in [2.24, 2.45) is 0 Å². The number of ether oxygens (including phenoxy) is 2. The lowest BCUT2D eigenvalue weighted by Crippen LogP contribution is -2.60. The summed E-state index contributed by atoms with van der Waals surface area (Å²) in [4.78, 5) is 14.2. The second-order valence-electron chi connectivity index (χ2n) is 4.84. The molecule has 0 aromatic heterocycles. The van der Waals surface area contributed by atoms with Crippen molar-refractivity contribution in [1.82, 2.24) is 0 Å². The summed E-state index contributed by atoms with van der Waals surface area (Å²) in [7, 11) is 0. The van der Waals surface area contributed by atoms with Gasteiger partial charge in [0.05, 0.1) is 0 Å². The van der Waals surface area contributed by atoms with Crippen molar-refractivity contribution in [3.05, 3.63) is 12.7 Å². The largest absolute Gasteiger partial charge is 0.459 e. The minimum atomic E-state index is -5.51. The average Bonchev–Trinajstić information content (AvgIpc) is 2.54. The van der Waals surface area contributed by atoms with Crippen LogP contribution in [0.25, 0.3) is 0 Å². The maximum Gasteiger partial charge on any atom is 0.425 e. The van der Waals surface area contributed by atoms with Gasteiger partial charge in [0, 0.05) is 12.5 Å². The van der Waals surface area contributed by atoms with Gasteiger partial charge < -0.3 is 9.47 Å². The highest BCUT2D eigenvalue weighted by Crippen LogP contribution is 2.56. The Balaban J connectivity index is 3.07. The van der Waals surface area contributed by atoms with E-state index in [1.54, 1.807) is 0 Å². The minimum Gasteiger partial charge on any atom is -0.459 e. The lowest BCUT2D eigenvalue weighted by molar-refractivity contribution is -0.377. The highest BCUT2D eigenvalue weighted by atomic mass is 19.4. The molecule has 0 bridgehead atoms. The fourth-order valence-electron chi connectivity index (χ4n) is 2.08. The van der Waals surface area contributed by atoms with E-state index in [0.717, 1.165) is 13.0 Å². The SMILES string of the molecule is C=CC(=O)OCC1(C)CC(F)(F)C(COO)(C(F)(F)F)O1. The molecule has 1 fully saturated rings. The molecule has 1 rings (SSSR count). The molecular weight excluding hydrogens is 307 g/mol. The Hall–Kier alpha value is -1.26. The molecule has 0 aromatic rings. The van der Waals surface area contributed by atoms with Crippen molar-refractivity contribution in [3.8, 4) is 0 Å². The van der Waals surface area contributed by atoms with E-state index < -0.39 is 48.9 Å². The molecule has 10 heteroatoms. The number of hydrogen-bond donors (Lipinski definition) is 1. The first-order valence-corrected chi connectivity index (χ1v) is 5.63. The molecule has 0 spiro atoms. The van der Waals surface area contributed by atoms with Crippen LogP contribution in [0.5, 0.6) is 0 Å². The van der Waals surface area contributed by atoms with Gasteiger partial charge in [-0.3, -0.25) is 5.26 Å². The predicted molar refractivity (Wildman–Crippen MR) is 57.6 cm³/mol. The topological polar surface area (TPSA) is 65.0 Å². The monoisotopic (exact) mass is 320 g/mol. The lowest BCUT2D eigenvalue weighted by atomic mass is 9.92. The van der Waals surface area contributed by atoms with Gasteiger partial charge in [0.15, 0.2) is 0 Å². The van der Waals surface area contributed by atoms with Crippen LogP contribution in [0.1, 0.15) is 13.3 Å². The van der Waals surface area contributed by atoms with Gasteiger partial charge in [-0.05, 0) is 6.92 Å². The van der Waals surface area contributed by atoms with Gasteiger partial charge >= 0.3 is 12.1 Å². The smallest absolute Gasteiger partial charge is 0.425 e. The zero-order chi connectivity index (χ0) is 16.5. The zero-order valence-corrected chi connectivity index (χ0v) is 10.9. The Morgan fingerprint density at radius 3 is 2.43 bits per heavy atom. The Morgan fingerprint density at radius 1 is 1.43 bits per heavy atom. The first-order valence-electron chi connectivity index (χ1n) is 5.63. The Labute approximate surface area is 116 Å². The third-order valence-electron chi connectivity index (χ3n) is 3.02. The maximum absolute atomic E-state index is 13.9. The number of hydrogen-bond acceptors (Lipinski definition) is 5. The summed E-state index contributed by atoms with van der Waals surface area (Å²) in [5, 5.41) is 8.20. The van der Waals surface area contributed by atoms with Gasteiger partial charge in [-0.25, -0.2) is 18.5 Å². The van der Waals surface area contributed by atoms with E-state index in [1.807, 2.05) is 0 Å². The standard InChI is InChI=1S/C11H13F5O5/c1-3-7(17)19-5-8(2)4-10(12,13)9(21-8,6-20-18)11(14,15)16/h3,18H,1,4-6H2,2H3. The normalized spacial score (nSPS) is 32.0. The number of halogens is 5. The van der Waals surface area contributed by atoms with E-state index in [2.05, 4.69) is 20.9 Å². The Bertz CT molecular complexity index is 424. The van der Waals surface area contributed by atoms with Crippen molar-refractivity contribution >= 4 is 5.97 Å². The van der Waals surface area contributed by atoms with E-state index in [9.17, 15) is 26.7 Å². The van der Waals surface area contributed by atoms with Crippen molar-refractivity contribution in [2.45, 2.75) is 36.6 Å². The number of alkyl halides is 5. The third-order valence-corrected chi connectivity index (χ3v) is 3.02. The second-order valence-corrected chi connectivity index (χ2v) is 4.84. The molecule has 0 radical (unpaired) electrons. The van der Waals surface area contributed by atoms with Crippen LogP contribution in [-0.2, 0) is 19.2 Å². The summed E-state index contributed by atoms with van der Waals surface area (Å²) >= 11 is 0. The highest BCUT2D eigenvalue weighted by Gasteiger charge is 2.78. The summed E-state index contributed by atoms with van der Waals surface area (Å²) in [5.74, 6) is -5.38. The van der Waals surface area contributed by atoms with E-state index in [-0.39, 0.29) is 0 Å². The van der Waals surface area contributed by atoms with Gasteiger partial charge in [0.1, 0.15) is 18.8 Å². The molecule has 0 aliphatic carbocycles. The van der Waals surface area contributed by atoms with Crippen molar-refractivity contribution in [1.29, 1.82) is 0 Å². The molecule has 1 heterocycles. The van der Waals surface area contributed by atoms with Gasteiger partial charge in [-0.1, -0.05) is 6.58 Å². The second kappa shape index (κ2) is 5.50. The summed E-state index contributed by atoms with van der Waals surface area (Å²) in [5.41, 5.74) is -6.12. The Morgan fingerprint density at radius 2 is 2.00 bits per heavy atom. The predicted octanol–water partition coefficient (Wildman–Crippen LogP) is 2.32. The molecule has 1 aliphatic rings. The van der Waals surface area contributed by atoms with Crippen LogP contribution in [0.2, 0.25) is 0 Å². The summed E-state index contributed by atoms with van der Waals surface area (Å²) < 4.78 is 75.6. The van der Waals surface area contributed by atoms with Crippen molar-refractivity contribution < 1.29 is 46.4 Å². The number of carbonyl (C=O) groups is 1. The molecule has 0 amide bonds. The van der Waals surface area contributed by atoms with Gasteiger partial charge in [-0.15, -0.1) is 0 Å². The molecule has 5 nitrogen and oxygen atoms in total. The molecular formula is C11H13F5O5. The summed E-state index contributed by atoms with van der Waals surface area (Å²) in [6, 6.07) is 0. The number of rotatable bonds is 5. The van der Waals surface area contributed by atoms with E-state index in [4.69, 9.17) is 5.26 Å². The molecule has 0 saturated carbocycles. The molecule has 1 N–H and O–H groups in total. The highest BCUT2D eigenvalue weighted by molar-refractivity contribution is 5.81. The van der Waals surface area contributed by atoms with Crippen molar-refractivity contribution in [2.75, 3.05) is 13.2 Å². The molecule has 21 heavy (non-hydrogen) atoms. The van der Waals surface area contributed by atoms with Crippen LogP contribution in [0.15, 0.2) is 12.7 Å². The lowest BCUT2D eigenvalue weighted by Gasteiger charge is -2.35. The molecule has 1 aliphatic heterocycles. The van der Waals surface area contributed by atoms with E-state index >= 15 is 0 Å². The van der Waals surface area contributed by atoms with Crippen LogP contribution in [-0.4, -0.2) is 47.7 Å². The molecule has 2 unspecified atom stereocenters. The molecule has 0 aromatic carbocycles. The van der Waals surface area contributed by atoms with E-state index in [0.29, 0.717) is 0 Å². The van der Waals surface area contributed by atoms with Crippen LogP contribution in [0, 0.1) is 0 Å². The van der Waals surface area contributed by atoms with Crippen LogP contribution in [0.4, 0.5) is 22.0 Å². The summed E-state index contributed by atoms with van der Waals surface area (Å²) in [6.07, 6.45) is -6.16. The van der Waals surface area contributed by atoms with Gasteiger partial charge in [0.2, 0.25) is 0 Å². The Kier molecular flexibility index (Phi) is 4.66. The number of esters is 1. The summed E-state index contributed by atoms with van der Waals surface area (Å²) in [6.45, 7) is 1.34. The van der Waals surface area contributed by atoms with E-state index in [1.165, 1.54) is 0 Å². The quantitative estimate of drug-likeness (QED) is 0.277. The fourth-order valence-corrected chi connectivity index (χ4v) is 2.08. The van der Waals surface area contributed by atoms with Gasteiger partial charge in [-0.2, -0.15) is 13.2 Å². The molecule has 122 valence electrons.